The van der Waals surface area contributed by atoms with Crippen molar-refractivity contribution in [2.45, 2.75) is 56.8 Å². The van der Waals surface area contributed by atoms with Crippen molar-refractivity contribution < 1.29 is 29.0 Å². The highest BCUT2D eigenvalue weighted by Crippen LogP contribution is 2.60. The van der Waals surface area contributed by atoms with E-state index in [-0.39, 0.29) is 43.5 Å². The maximum atomic E-state index is 14.9. The number of methoxy groups -OCH3 is 1. The number of benzene rings is 4. The van der Waals surface area contributed by atoms with Gasteiger partial charge in [-0.05, 0) is 60.6 Å². The van der Waals surface area contributed by atoms with E-state index >= 15 is 0 Å². The van der Waals surface area contributed by atoms with Gasteiger partial charge in [-0.2, -0.15) is 9.78 Å². The fourth-order valence-corrected chi connectivity index (χ4v) is 10.8. The molecule has 5 aromatic rings. The Hall–Kier alpha value is -5.14. The highest BCUT2D eigenvalue weighted by Gasteiger charge is 2.66. The monoisotopic (exact) mass is 732 g/mol. The number of carbonyl (C=O) groups is 2. The minimum absolute atomic E-state index is 0.0587. The number of rotatable bonds is 11. The third kappa shape index (κ3) is 6.56. The van der Waals surface area contributed by atoms with Gasteiger partial charge in [-0.25, -0.2) is 0 Å². The van der Waals surface area contributed by atoms with Crippen LogP contribution in [0.5, 0.6) is 5.75 Å². The van der Waals surface area contributed by atoms with Crippen molar-refractivity contribution in [1.29, 1.82) is 0 Å². The van der Waals surface area contributed by atoms with E-state index in [9.17, 15) is 24.3 Å². The van der Waals surface area contributed by atoms with Crippen molar-refractivity contribution in [2.24, 2.45) is 5.92 Å². The van der Waals surface area contributed by atoms with Crippen LogP contribution in [0, 0.1) is 5.92 Å². The number of hydrogen-bond acceptors (Lipinski definition) is 8. The van der Waals surface area contributed by atoms with E-state index in [2.05, 4.69) is 5.10 Å². The molecule has 2 N–H and O–H groups in total. The first kappa shape index (κ1) is 36.2. The zero-order valence-corrected chi connectivity index (χ0v) is 31.3. The van der Waals surface area contributed by atoms with Crippen LogP contribution >= 0.6 is 0 Å². The molecule has 0 aliphatic carbocycles. The third-order valence-electron chi connectivity index (χ3n) is 10.7. The Kier molecular flexibility index (Phi) is 9.81. The van der Waals surface area contributed by atoms with Gasteiger partial charge in [0.15, 0.2) is 13.9 Å². The maximum Gasteiger partial charge on any atom is 0.279 e. The maximum absolute atomic E-state index is 14.9. The number of amides is 2. The molecule has 2 amide bonds. The van der Waals surface area contributed by atoms with Gasteiger partial charge in [-0.1, -0.05) is 67.6 Å². The van der Waals surface area contributed by atoms with Crippen LogP contribution in [0.4, 0.5) is 5.69 Å². The zero-order valence-electron chi connectivity index (χ0n) is 30.3. The van der Waals surface area contributed by atoms with Crippen molar-refractivity contribution in [3.8, 4) is 11.4 Å². The lowest BCUT2D eigenvalue weighted by Gasteiger charge is -2.32. The Morgan fingerprint density at radius 3 is 2.40 bits per heavy atom. The van der Waals surface area contributed by atoms with Gasteiger partial charge in [0.2, 0.25) is 5.91 Å². The Morgan fingerprint density at radius 1 is 0.981 bits per heavy atom. The number of aliphatic hydroxyl groups excluding tert-OH is 1. The molecule has 1 spiro atoms. The fraction of sp³-hybridized carbons (Fsp3) is 0.317. The number of aromatic nitrogens is 2. The minimum atomic E-state index is -3.05. The van der Waals surface area contributed by atoms with Crippen LogP contribution in [0.1, 0.15) is 30.0 Å². The standard InChI is InChI=1S/C41H44N4O7Si/c1-27-38(53(3,4)50)36(23-37(47)43(20-21-46)25-28-10-6-5-7-11-28)52-41(27)34-22-32(51-2)18-19-35(34)44(40(41)49)26-29-14-16-31(17-15-29)45-39(48)33-13-9-8-12-30(33)24-42-45/h5-19,22,24,27,36,38,46,50H,20-21,23,25-26H2,1-4H3/t27-,36+,38-,41+/m1/s1. The third-order valence-corrected chi connectivity index (χ3v) is 13.2. The molecular formula is C41H44N4O7Si. The van der Waals surface area contributed by atoms with Crippen molar-refractivity contribution >= 4 is 36.6 Å². The Bertz CT molecular complexity index is 2200. The molecule has 2 aliphatic rings. The molecule has 274 valence electrons. The molecule has 1 saturated heterocycles. The number of fused-ring (bicyclic) bond motifs is 3. The summed E-state index contributed by atoms with van der Waals surface area (Å²) in [6.07, 6.45) is 0.853. The van der Waals surface area contributed by atoms with E-state index in [1.165, 1.54) is 4.68 Å². The summed E-state index contributed by atoms with van der Waals surface area (Å²) in [7, 11) is -1.48. The lowest BCUT2D eigenvalue weighted by atomic mass is 9.82. The summed E-state index contributed by atoms with van der Waals surface area (Å²) in [5.41, 5.74) is 1.47. The minimum Gasteiger partial charge on any atom is -0.497 e. The van der Waals surface area contributed by atoms with E-state index in [1.54, 1.807) is 35.2 Å². The highest BCUT2D eigenvalue weighted by atomic mass is 28.4. The van der Waals surface area contributed by atoms with Gasteiger partial charge in [-0.3, -0.25) is 14.4 Å². The van der Waals surface area contributed by atoms with Gasteiger partial charge in [0.1, 0.15) is 5.75 Å². The van der Waals surface area contributed by atoms with Gasteiger partial charge >= 0.3 is 0 Å². The van der Waals surface area contributed by atoms with Gasteiger partial charge in [0.25, 0.3) is 11.5 Å². The molecule has 11 nitrogen and oxygen atoms in total. The molecule has 2 aliphatic heterocycles. The molecule has 0 bridgehead atoms. The molecule has 3 heterocycles. The number of aliphatic hydroxyl groups is 1. The van der Waals surface area contributed by atoms with Crippen LogP contribution in [-0.4, -0.2) is 71.1 Å². The van der Waals surface area contributed by atoms with E-state index in [4.69, 9.17) is 9.47 Å². The van der Waals surface area contributed by atoms with Crippen molar-refractivity contribution in [3.05, 3.63) is 130 Å². The average molecular weight is 733 g/mol. The van der Waals surface area contributed by atoms with Crippen LogP contribution < -0.4 is 15.2 Å². The number of carbonyl (C=O) groups excluding carboxylic acids is 2. The molecule has 1 aromatic heterocycles. The summed E-state index contributed by atoms with van der Waals surface area (Å²) < 4.78 is 13.9. The first-order valence-electron chi connectivity index (χ1n) is 17.9. The lowest BCUT2D eigenvalue weighted by Crippen LogP contribution is -2.46. The quantitative estimate of drug-likeness (QED) is 0.178. The summed E-state index contributed by atoms with van der Waals surface area (Å²) in [6, 6.07) is 29.7. The summed E-state index contributed by atoms with van der Waals surface area (Å²) in [4.78, 5) is 57.2. The molecule has 0 radical (unpaired) electrons. The van der Waals surface area contributed by atoms with Crippen LogP contribution in [0.15, 0.2) is 108 Å². The van der Waals surface area contributed by atoms with E-state index in [0.717, 1.165) is 16.5 Å². The smallest absolute Gasteiger partial charge is 0.279 e. The van der Waals surface area contributed by atoms with Gasteiger partial charge < -0.3 is 29.2 Å². The second kappa shape index (κ2) is 14.4. The number of nitrogens with zero attached hydrogens (tertiary/aromatic N) is 4. The van der Waals surface area contributed by atoms with Crippen LogP contribution in [0.25, 0.3) is 16.5 Å². The molecular weight excluding hydrogens is 689 g/mol. The van der Waals surface area contributed by atoms with Crippen molar-refractivity contribution in [3.63, 3.8) is 0 Å². The van der Waals surface area contributed by atoms with Crippen LogP contribution in [0.2, 0.25) is 18.6 Å². The molecule has 0 unspecified atom stereocenters. The molecule has 4 aromatic carbocycles. The largest absolute Gasteiger partial charge is 0.497 e. The predicted octanol–water partition coefficient (Wildman–Crippen LogP) is 5.15. The summed E-state index contributed by atoms with van der Waals surface area (Å²) >= 11 is 0. The van der Waals surface area contributed by atoms with E-state index in [1.807, 2.05) is 105 Å². The molecule has 7 rings (SSSR count). The highest BCUT2D eigenvalue weighted by molar-refractivity contribution is 6.71. The van der Waals surface area contributed by atoms with Gasteiger partial charge in [0, 0.05) is 35.5 Å². The number of anilines is 1. The van der Waals surface area contributed by atoms with E-state index in [0.29, 0.717) is 34.6 Å². The first-order valence-corrected chi connectivity index (χ1v) is 20.9. The Morgan fingerprint density at radius 2 is 1.70 bits per heavy atom. The molecule has 4 atom stereocenters. The van der Waals surface area contributed by atoms with Crippen LogP contribution in [-0.2, 0) is 33.0 Å². The van der Waals surface area contributed by atoms with Gasteiger partial charge in [-0.15, -0.1) is 0 Å². The Labute approximate surface area is 309 Å². The Balaban J connectivity index is 1.20. The van der Waals surface area contributed by atoms with E-state index < -0.39 is 31.5 Å². The predicted molar refractivity (Wildman–Crippen MR) is 204 cm³/mol. The zero-order chi connectivity index (χ0) is 37.5. The molecule has 1 fully saturated rings. The molecule has 53 heavy (non-hydrogen) atoms. The lowest BCUT2D eigenvalue weighted by molar-refractivity contribution is -0.150. The van der Waals surface area contributed by atoms with Gasteiger partial charge in [0.05, 0.1) is 55.7 Å². The SMILES string of the molecule is COc1ccc2c(c1)[C@]1(O[C@@H](CC(=O)N(CCO)Cc3ccccc3)[C@H]([Si](C)(C)O)[C@H]1C)C(=O)N2Cc1ccc(-n2ncc3ccccc3c2=O)cc1. The summed E-state index contributed by atoms with van der Waals surface area (Å²) in [5.74, 6) is -0.433. The molecule has 0 saturated carbocycles. The first-order chi connectivity index (χ1) is 25.5. The topological polar surface area (TPSA) is 134 Å². The average Bonchev–Trinajstić information content (AvgIpc) is 3.58. The van der Waals surface area contributed by atoms with Crippen LogP contribution in [0.3, 0.4) is 0 Å². The van der Waals surface area contributed by atoms with Crippen molar-refractivity contribution in [1.82, 2.24) is 14.7 Å². The molecule has 12 heteroatoms. The number of hydrogen-bond donors (Lipinski definition) is 2. The summed E-state index contributed by atoms with van der Waals surface area (Å²) in [6.45, 7) is 6.05. The normalized spacial score (nSPS) is 21.0. The number of ether oxygens (including phenoxy) is 2. The summed E-state index contributed by atoms with van der Waals surface area (Å²) in [5, 5.41) is 15.6. The van der Waals surface area contributed by atoms with Crippen molar-refractivity contribution in [2.75, 3.05) is 25.2 Å². The fourth-order valence-electron chi connectivity index (χ4n) is 8.26. The second-order valence-electron chi connectivity index (χ2n) is 14.5. The second-order valence-corrected chi connectivity index (χ2v) is 18.5.